The van der Waals surface area contributed by atoms with Crippen LogP contribution in [0.15, 0.2) is 24.3 Å². The third-order valence-corrected chi connectivity index (χ3v) is 3.31. The van der Waals surface area contributed by atoms with Crippen molar-refractivity contribution >= 4 is 22.7 Å². The van der Waals surface area contributed by atoms with Gasteiger partial charge in [0.1, 0.15) is 5.82 Å². The van der Waals surface area contributed by atoms with Crippen LogP contribution < -0.4 is 5.73 Å². The lowest BCUT2D eigenvalue weighted by Gasteiger charge is -2.07. The van der Waals surface area contributed by atoms with Crippen LogP contribution in [0.5, 0.6) is 0 Å². The van der Waals surface area contributed by atoms with Gasteiger partial charge in [-0.05, 0) is 48.6 Å². The molecule has 18 heavy (non-hydrogen) atoms. The summed E-state index contributed by atoms with van der Waals surface area (Å²) in [6, 6.07) is 7.35. The summed E-state index contributed by atoms with van der Waals surface area (Å²) in [7, 11) is 1.38. The lowest BCUT2D eigenvalue weighted by atomic mass is 10.1. The van der Waals surface area contributed by atoms with Gasteiger partial charge in [-0.2, -0.15) is 0 Å². The minimum absolute atomic E-state index is 0.332. The van der Waals surface area contributed by atoms with Crippen molar-refractivity contribution in [1.82, 2.24) is 4.98 Å². The number of methoxy groups -OCH3 is 1. The van der Waals surface area contributed by atoms with Crippen LogP contribution in [-0.2, 0) is 4.74 Å². The van der Waals surface area contributed by atoms with Gasteiger partial charge in [-0.3, -0.25) is 0 Å². The molecule has 0 atom stereocenters. The standard InChI is InChI=1S/C14H14N2O2/c1-18-14(17)9-4-5-12-10(6-9)7-11(8-2-3-8)13(15)16-12/h4-8H,2-3H2,1H3,(H2,15,16). The monoisotopic (exact) mass is 242 g/mol. The van der Waals surface area contributed by atoms with Gasteiger partial charge in [-0.1, -0.05) is 0 Å². The molecular formula is C14H14N2O2. The second-order valence-corrected chi connectivity index (χ2v) is 4.64. The molecule has 0 saturated heterocycles. The topological polar surface area (TPSA) is 65.2 Å². The molecule has 0 bridgehead atoms. The zero-order valence-corrected chi connectivity index (χ0v) is 10.1. The summed E-state index contributed by atoms with van der Waals surface area (Å²) in [5.41, 5.74) is 8.40. The number of esters is 1. The van der Waals surface area contributed by atoms with Crippen LogP contribution in [0.3, 0.4) is 0 Å². The van der Waals surface area contributed by atoms with Crippen LogP contribution in [0.4, 0.5) is 5.82 Å². The van der Waals surface area contributed by atoms with Crippen molar-refractivity contribution in [3.05, 3.63) is 35.4 Å². The summed E-state index contributed by atoms with van der Waals surface area (Å²) < 4.78 is 4.71. The van der Waals surface area contributed by atoms with Crippen LogP contribution >= 0.6 is 0 Å². The molecule has 4 heteroatoms. The van der Waals surface area contributed by atoms with E-state index < -0.39 is 0 Å². The first-order valence-electron chi connectivity index (χ1n) is 5.97. The summed E-state index contributed by atoms with van der Waals surface area (Å²) >= 11 is 0. The Balaban J connectivity index is 2.14. The van der Waals surface area contributed by atoms with E-state index in [4.69, 9.17) is 10.5 Å². The molecule has 0 unspecified atom stereocenters. The number of ether oxygens (including phenoxy) is 1. The Morgan fingerprint density at radius 1 is 1.39 bits per heavy atom. The molecule has 1 aromatic heterocycles. The summed E-state index contributed by atoms with van der Waals surface area (Å²) in [5, 5.41) is 0.939. The molecule has 0 aliphatic heterocycles. The van der Waals surface area contributed by atoms with E-state index in [9.17, 15) is 4.79 Å². The Bertz CT molecular complexity index is 633. The van der Waals surface area contributed by atoms with Gasteiger partial charge in [0, 0.05) is 5.39 Å². The van der Waals surface area contributed by atoms with Gasteiger partial charge in [0.25, 0.3) is 0 Å². The van der Waals surface area contributed by atoms with E-state index in [0.29, 0.717) is 17.3 Å². The number of rotatable bonds is 2. The molecule has 4 nitrogen and oxygen atoms in total. The number of aromatic nitrogens is 1. The predicted octanol–water partition coefficient (Wildman–Crippen LogP) is 2.48. The average molecular weight is 242 g/mol. The maximum Gasteiger partial charge on any atom is 0.337 e. The maximum absolute atomic E-state index is 11.5. The van der Waals surface area contributed by atoms with Crippen LogP contribution in [0.25, 0.3) is 10.9 Å². The number of fused-ring (bicyclic) bond motifs is 1. The molecule has 1 aliphatic rings. The Morgan fingerprint density at radius 3 is 2.83 bits per heavy atom. The van der Waals surface area contributed by atoms with Gasteiger partial charge in [0.2, 0.25) is 0 Å². The fourth-order valence-electron chi connectivity index (χ4n) is 2.17. The van der Waals surface area contributed by atoms with Gasteiger partial charge in [-0.15, -0.1) is 0 Å². The minimum Gasteiger partial charge on any atom is -0.465 e. The van der Waals surface area contributed by atoms with E-state index in [0.717, 1.165) is 16.5 Å². The number of anilines is 1. The molecule has 2 N–H and O–H groups in total. The van der Waals surface area contributed by atoms with Gasteiger partial charge in [0.15, 0.2) is 0 Å². The van der Waals surface area contributed by atoms with E-state index in [1.54, 1.807) is 18.2 Å². The highest BCUT2D eigenvalue weighted by molar-refractivity contribution is 5.95. The smallest absolute Gasteiger partial charge is 0.337 e. The zero-order valence-electron chi connectivity index (χ0n) is 10.1. The number of nitrogens with two attached hydrogens (primary N) is 1. The van der Waals surface area contributed by atoms with Gasteiger partial charge >= 0.3 is 5.97 Å². The van der Waals surface area contributed by atoms with E-state index in [-0.39, 0.29) is 5.97 Å². The lowest BCUT2D eigenvalue weighted by molar-refractivity contribution is 0.0601. The normalized spacial score (nSPS) is 14.7. The number of hydrogen-bond acceptors (Lipinski definition) is 4. The third kappa shape index (κ3) is 1.79. The number of carbonyl (C=O) groups is 1. The van der Waals surface area contributed by atoms with Crippen molar-refractivity contribution in [2.24, 2.45) is 0 Å². The highest BCUT2D eigenvalue weighted by Gasteiger charge is 2.26. The summed E-state index contributed by atoms with van der Waals surface area (Å²) in [4.78, 5) is 15.9. The second kappa shape index (κ2) is 3.98. The Kier molecular flexibility index (Phi) is 2.44. The molecule has 1 heterocycles. The average Bonchev–Trinajstić information content (AvgIpc) is 3.20. The lowest BCUT2D eigenvalue weighted by Crippen LogP contribution is -2.02. The number of hydrogen-bond donors (Lipinski definition) is 1. The first-order chi connectivity index (χ1) is 8.69. The Morgan fingerprint density at radius 2 is 2.17 bits per heavy atom. The van der Waals surface area contributed by atoms with Gasteiger partial charge in [-0.25, -0.2) is 9.78 Å². The number of benzene rings is 1. The SMILES string of the molecule is COC(=O)c1ccc2nc(N)c(C3CC3)cc2c1. The van der Waals surface area contributed by atoms with Crippen molar-refractivity contribution in [3.63, 3.8) is 0 Å². The molecule has 2 aromatic rings. The van der Waals surface area contributed by atoms with Crippen LogP contribution in [0.1, 0.15) is 34.7 Å². The molecule has 1 aliphatic carbocycles. The molecular weight excluding hydrogens is 228 g/mol. The third-order valence-electron chi connectivity index (χ3n) is 3.31. The predicted molar refractivity (Wildman–Crippen MR) is 69.5 cm³/mol. The molecule has 3 rings (SSSR count). The Labute approximate surface area is 105 Å². The fraction of sp³-hybridized carbons (Fsp3) is 0.286. The summed E-state index contributed by atoms with van der Waals surface area (Å²) in [6.07, 6.45) is 2.35. The molecule has 1 fully saturated rings. The first kappa shape index (κ1) is 11.0. The highest BCUT2D eigenvalue weighted by atomic mass is 16.5. The Hall–Kier alpha value is -2.10. The van der Waals surface area contributed by atoms with E-state index in [1.807, 2.05) is 6.07 Å². The maximum atomic E-state index is 11.5. The summed E-state index contributed by atoms with van der Waals surface area (Å²) in [6.45, 7) is 0. The quantitative estimate of drug-likeness (QED) is 0.821. The molecule has 0 amide bonds. The van der Waals surface area contributed by atoms with Crippen LogP contribution in [0.2, 0.25) is 0 Å². The number of carbonyl (C=O) groups excluding carboxylic acids is 1. The van der Waals surface area contributed by atoms with Gasteiger partial charge in [0.05, 0.1) is 18.2 Å². The van der Waals surface area contributed by atoms with E-state index in [1.165, 1.54) is 20.0 Å². The molecule has 92 valence electrons. The van der Waals surface area contributed by atoms with E-state index in [2.05, 4.69) is 4.98 Å². The second-order valence-electron chi connectivity index (χ2n) is 4.64. The number of nitrogens with zero attached hydrogens (tertiary/aromatic N) is 1. The van der Waals surface area contributed by atoms with Crippen molar-refractivity contribution in [3.8, 4) is 0 Å². The number of pyridine rings is 1. The molecule has 1 aromatic carbocycles. The number of nitrogen functional groups attached to an aromatic ring is 1. The van der Waals surface area contributed by atoms with Crippen molar-refractivity contribution in [2.75, 3.05) is 12.8 Å². The first-order valence-corrected chi connectivity index (χ1v) is 5.97. The minimum atomic E-state index is -0.332. The molecule has 0 radical (unpaired) electrons. The largest absolute Gasteiger partial charge is 0.465 e. The zero-order chi connectivity index (χ0) is 12.7. The fourth-order valence-corrected chi connectivity index (χ4v) is 2.17. The molecule has 0 spiro atoms. The van der Waals surface area contributed by atoms with Crippen LogP contribution in [0, 0.1) is 0 Å². The molecule has 1 saturated carbocycles. The highest BCUT2D eigenvalue weighted by Crippen LogP contribution is 2.43. The van der Waals surface area contributed by atoms with Crippen molar-refractivity contribution in [2.45, 2.75) is 18.8 Å². The van der Waals surface area contributed by atoms with Crippen molar-refractivity contribution in [1.29, 1.82) is 0 Å². The van der Waals surface area contributed by atoms with E-state index >= 15 is 0 Å². The van der Waals surface area contributed by atoms with Crippen LogP contribution in [-0.4, -0.2) is 18.1 Å². The summed E-state index contributed by atoms with van der Waals surface area (Å²) in [5.74, 6) is 0.821. The van der Waals surface area contributed by atoms with Gasteiger partial charge < -0.3 is 10.5 Å². The van der Waals surface area contributed by atoms with Crippen molar-refractivity contribution < 1.29 is 9.53 Å².